The van der Waals surface area contributed by atoms with E-state index in [9.17, 15) is 29.1 Å². The molecule has 6 unspecified atom stereocenters. The number of carboxylic acid groups (broad SMARTS) is 1. The van der Waals surface area contributed by atoms with Gasteiger partial charge in [-0.2, -0.15) is 0 Å². The van der Waals surface area contributed by atoms with Gasteiger partial charge in [0.2, 0.25) is 11.8 Å². The number of amides is 4. The number of imide groups is 2. The summed E-state index contributed by atoms with van der Waals surface area (Å²) in [5.74, 6) is -7.04. The second-order valence-electron chi connectivity index (χ2n) is 9.53. The Morgan fingerprint density at radius 1 is 1.09 bits per heavy atom. The molecular formula is C24H22Cl2N2O7. The van der Waals surface area contributed by atoms with Crippen LogP contribution in [0.4, 0.5) is 0 Å². The number of allylic oxidation sites excluding steroid dienone is 2. The number of halogens is 2. The first-order valence-corrected chi connectivity index (χ1v) is 12.0. The van der Waals surface area contributed by atoms with Crippen LogP contribution in [0, 0.1) is 17.8 Å². The molecule has 1 saturated carbocycles. The highest BCUT2D eigenvalue weighted by Gasteiger charge is 2.76. The largest absolute Gasteiger partial charge is 0.508 e. The number of nitrogens with zero attached hydrogens (tertiary/aromatic N) is 2. The lowest BCUT2D eigenvalue weighted by Gasteiger charge is -2.50. The van der Waals surface area contributed by atoms with Gasteiger partial charge in [0.25, 0.3) is 11.8 Å². The normalized spacial score (nSPS) is 36.1. The van der Waals surface area contributed by atoms with Gasteiger partial charge in [0.05, 0.1) is 18.3 Å². The fourth-order valence-electron chi connectivity index (χ4n) is 6.31. The van der Waals surface area contributed by atoms with Crippen LogP contribution in [-0.2, 0) is 24.0 Å². The minimum atomic E-state index is -1.96. The second kappa shape index (κ2) is 7.80. The number of phenolic OH excluding ortho intramolecular Hbond substituents is 1. The van der Waals surface area contributed by atoms with Gasteiger partial charge in [0.15, 0.2) is 9.75 Å². The number of carbonyl (C=O) groups excluding carboxylic acids is 4. The lowest BCUT2D eigenvalue weighted by atomic mass is 9.56. The minimum absolute atomic E-state index is 0.146. The molecule has 184 valence electrons. The van der Waals surface area contributed by atoms with Gasteiger partial charge in [-0.05, 0) is 24.8 Å². The van der Waals surface area contributed by atoms with Gasteiger partial charge in [-0.3, -0.25) is 33.8 Å². The lowest BCUT2D eigenvalue weighted by molar-refractivity contribution is -0.143. The van der Waals surface area contributed by atoms with Crippen LogP contribution in [0.5, 0.6) is 5.75 Å². The van der Waals surface area contributed by atoms with Crippen molar-refractivity contribution < 1.29 is 34.2 Å². The highest BCUT2D eigenvalue weighted by molar-refractivity contribution is 6.53. The van der Waals surface area contributed by atoms with E-state index in [4.69, 9.17) is 28.3 Å². The number of rotatable bonds is 4. The lowest BCUT2D eigenvalue weighted by Crippen LogP contribution is -2.60. The molecule has 2 aliphatic heterocycles. The van der Waals surface area contributed by atoms with Crippen LogP contribution in [-0.4, -0.2) is 73.0 Å². The Kier molecular flexibility index (Phi) is 5.30. The van der Waals surface area contributed by atoms with Crippen LogP contribution in [0.25, 0.3) is 0 Å². The molecule has 0 aromatic heterocycles. The van der Waals surface area contributed by atoms with Crippen LogP contribution < -0.4 is 0 Å². The maximum absolute atomic E-state index is 13.4. The van der Waals surface area contributed by atoms with E-state index in [1.807, 2.05) is 0 Å². The summed E-state index contributed by atoms with van der Waals surface area (Å²) in [6.07, 6.45) is 1.39. The molecule has 35 heavy (non-hydrogen) atoms. The second-order valence-corrected chi connectivity index (χ2v) is 10.8. The van der Waals surface area contributed by atoms with E-state index in [0.29, 0.717) is 5.57 Å². The molecule has 2 N–H and O–H groups in total. The number of carboxylic acids is 1. The topological polar surface area (TPSA) is 132 Å². The molecule has 4 aliphatic rings. The number of alkyl halides is 2. The van der Waals surface area contributed by atoms with Gasteiger partial charge in [-0.25, -0.2) is 0 Å². The van der Waals surface area contributed by atoms with Crippen molar-refractivity contribution in [2.24, 2.45) is 17.8 Å². The monoisotopic (exact) mass is 520 g/mol. The van der Waals surface area contributed by atoms with Gasteiger partial charge in [0.1, 0.15) is 5.75 Å². The number of benzene rings is 1. The molecule has 9 nitrogen and oxygen atoms in total. The van der Waals surface area contributed by atoms with E-state index in [-0.39, 0.29) is 37.1 Å². The fraction of sp³-hybridized carbons (Fsp3) is 0.458. The van der Waals surface area contributed by atoms with Gasteiger partial charge in [-0.1, -0.05) is 29.8 Å². The summed E-state index contributed by atoms with van der Waals surface area (Å²) in [6.45, 7) is -0.253. The van der Waals surface area contributed by atoms with Gasteiger partial charge in [-0.15, -0.1) is 23.2 Å². The summed E-state index contributed by atoms with van der Waals surface area (Å²) in [5, 5.41) is 19.7. The maximum atomic E-state index is 13.4. The molecule has 2 saturated heterocycles. The van der Waals surface area contributed by atoms with Gasteiger partial charge in [0, 0.05) is 25.1 Å². The standard InChI is InChI=1S/C24H22Cl2N2O7/c1-27-21(34)23(25)10-14-11(18(24(23,26)22(27)35)12-4-2-3-5-15(12)29)6-7-13-17(14)20(33)28(19(13)32)9-8-16(30)31/h2-6,13-14,17-18,29H,7-10H2,1H3,(H,30,31). The SMILES string of the molecule is CN1C(=O)C2(Cl)CC3C(=CCC4C(=O)N(CCC(=O)O)C(=O)C43)C(c3ccccc3O)C2(Cl)C1=O. The molecular weight excluding hydrogens is 499 g/mol. The number of carbonyl (C=O) groups is 5. The summed E-state index contributed by atoms with van der Waals surface area (Å²) in [4.78, 5) is 62.1. The Morgan fingerprint density at radius 2 is 1.77 bits per heavy atom. The molecule has 5 rings (SSSR count). The molecule has 6 atom stereocenters. The number of phenols is 1. The number of likely N-dealkylation sites (tertiary alicyclic amines) is 2. The Labute approximate surface area is 210 Å². The molecule has 2 aliphatic carbocycles. The first-order valence-electron chi connectivity index (χ1n) is 11.2. The van der Waals surface area contributed by atoms with Crippen molar-refractivity contribution in [3.8, 4) is 5.75 Å². The first-order chi connectivity index (χ1) is 16.4. The van der Waals surface area contributed by atoms with Crippen molar-refractivity contribution in [3.05, 3.63) is 41.5 Å². The highest BCUT2D eigenvalue weighted by atomic mass is 35.5. The van der Waals surface area contributed by atoms with E-state index in [1.165, 1.54) is 13.1 Å². The van der Waals surface area contributed by atoms with Crippen molar-refractivity contribution >= 4 is 52.8 Å². The van der Waals surface area contributed by atoms with Gasteiger partial charge < -0.3 is 10.2 Å². The third-order valence-corrected chi connectivity index (χ3v) is 9.32. The van der Waals surface area contributed by atoms with Crippen LogP contribution in [0.15, 0.2) is 35.9 Å². The van der Waals surface area contributed by atoms with Crippen molar-refractivity contribution in [1.29, 1.82) is 0 Å². The Hall–Kier alpha value is -2.91. The number of para-hydroxylation sites is 1. The molecule has 2 heterocycles. The fourth-order valence-corrected chi connectivity index (χ4v) is 7.33. The maximum Gasteiger partial charge on any atom is 0.305 e. The Balaban J connectivity index is 1.66. The zero-order valence-electron chi connectivity index (χ0n) is 18.6. The number of aromatic hydroxyl groups is 1. The molecule has 3 fully saturated rings. The number of hydrogen-bond acceptors (Lipinski definition) is 6. The van der Waals surface area contributed by atoms with E-state index in [2.05, 4.69) is 0 Å². The van der Waals surface area contributed by atoms with E-state index in [0.717, 1.165) is 9.80 Å². The van der Waals surface area contributed by atoms with E-state index < -0.39 is 63.0 Å². The average Bonchev–Trinajstić information content (AvgIpc) is 3.13. The third kappa shape index (κ3) is 2.97. The summed E-state index contributed by atoms with van der Waals surface area (Å²) in [6, 6.07) is 6.29. The smallest absolute Gasteiger partial charge is 0.305 e. The Bertz CT molecular complexity index is 1230. The van der Waals surface area contributed by atoms with E-state index in [1.54, 1.807) is 24.3 Å². The summed E-state index contributed by atoms with van der Waals surface area (Å²) in [5.41, 5.74) is 0.856. The van der Waals surface area contributed by atoms with Crippen LogP contribution in [0.3, 0.4) is 0 Å². The third-order valence-electron chi connectivity index (χ3n) is 7.90. The summed E-state index contributed by atoms with van der Waals surface area (Å²) < 4.78 is 0. The molecule has 1 aromatic rings. The first kappa shape index (κ1) is 23.8. The molecule has 1 aromatic carbocycles. The zero-order chi connectivity index (χ0) is 25.4. The van der Waals surface area contributed by atoms with Crippen molar-refractivity contribution in [1.82, 2.24) is 9.80 Å². The molecule has 0 bridgehead atoms. The summed E-state index contributed by atoms with van der Waals surface area (Å²) in [7, 11) is 1.29. The van der Waals surface area contributed by atoms with Gasteiger partial charge >= 0.3 is 5.97 Å². The molecule has 0 spiro atoms. The van der Waals surface area contributed by atoms with Crippen molar-refractivity contribution in [2.75, 3.05) is 13.6 Å². The minimum Gasteiger partial charge on any atom is -0.508 e. The Morgan fingerprint density at radius 3 is 2.43 bits per heavy atom. The zero-order valence-corrected chi connectivity index (χ0v) is 20.1. The van der Waals surface area contributed by atoms with Crippen LogP contribution >= 0.6 is 23.2 Å². The molecule has 0 radical (unpaired) electrons. The predicted molar refractivity (Wildman–Crippen MR) is 123 cm³/mol. The summed E-state index contributed by atoms with van der Waals surface area (Å²) >= 11 is 14.0. The van der Waals surface area contributed by atoms with Crippen LogP contribution in [0.1, 0.15) is 30.7 Å². The quantitative estimate of drug-likeness (QED) is 0.351. The number of fused-ring (bicyclic) bond motifs is 4. The molecule has 4 amide bonds. The number of hydrogen-bond donors (Lipinski definition) is 2. The van der Waals surface area contributed by atoms with Crippen molar-refractivity contribution in [3.63, 3.8) is 0 Å². The van der Waals surface area contributed by atoms with E-state index >= 15 is 0 Å². The predicted octanol–water partition coefficient (Wildman–Crippen LogP) is 1.86. The highest BCUT2D eigenvalue weighted by Crippen LogP contribution is 2.65. The van der Waals surface area contributed by atoms with Crippen molar-refractivity contribution in [2.45, 2.75) is 34.9 Å². The number of aliphatic carboxylic acids is 1. The molecule has 11 heteroatoms. The average molecular weight is 521 g/mol. The van der Waals surface area contributed by atoms with Crippen LogP contribution in [0.2, 0.25) is 0 Å².